The number of rotatable bonds is 5. The zero-order valence-electron chi connectivity index (χ0n) is 12.0. The molecular formula is C15H25N3. The molecule has 0 saturated heterocycles. The van der Waals surface area contributed by atoms with Crippen molar-refractivity contribution >= 4 is 5.82 Å². The van der Waals surface area contributed by atoms with E-state index in [9.17, 15) is 0 Å². The summed E-state index contributed by atoms with van der Waals surface area (Å²) in [5.74, 6) is 1.78. The number of aryl methyl sites for hydroxylation is 2. The fraction of sp³-hybridized carbons (Fsp3) is 0.667. The van der Waals surface area contributed by atoms with Crippen LogP contribution < -0.4 is 10.6 Å². The van der Waals surface area contributed by atoms with Crippen LogP contribution >= 0.6 is 0 Å². The quantitative estimate of drug-likeness (QED) is 0.870. The molecule has 1 aliphatic rings. The lowest BCUT2D eigenvalue weighted by atomic mass is 10.1. The molecule has 2 rings (SSSR count). The molecule has 100 valence electrons. The molecule has 0 aromatic carbocycles. The van der Waals surface area contributed by atoms with Gasteiger partial charge in [0.05, 0.1) is 0 Å². The second kappa shape index (κ2) is 5.27. The lowest BCUT2D eigenvalue weighted by Crippen LogP contribution is -2.32. The van der Waals surface area contributed by atoms with Gasteiger partial charge in [-0.1, -0.05) is 13.8 Å². The van der Waals surface area contributed by atoms with Gasteiger partial charge in [0.2, 0.25) is 0 Å². The number of hydrogen-bond donors (Lipinski definition) is 1. The zero-order valence-corrected chi connectivity index (χ0v) is 12.0. The Balaban J connectivity index is 2.39. The maximum atomic E-state index is 5.92. The van der Waals surface area contributed by atoms with Crippen LogP contribution in [-0.4, -0.2) is 17.6 Å². The van der Waals surface area contributed by atoms with Gasteiger partial charge in [0, 0.05) is 30.4 Å². The van der Waals surface area contributed by atoms with Crippen LogP contribution in [0.5, 0.6) is 0 Å². The Kier molecular flexibility index (Phi) is 3.91. The van der Waals surface area contributed by atoms with E-state index in [1.807, 2.05) is 0 Å². The standard InChI is InChI=1S/C15H25N3/c1-10(2)9-18(13-5-6-13)15-14(8-16)11(3)7-12(4)17-15/h7,10,13H,5-6,8-9,16H2,1-4H3. The predicted molar refractivity (Wildman–Crippen MR) is 76.8 cm³/mol. The summed E-state index contributed by atoms with van der Waals surface area (Å²) in [5, 5.41) is 0. The summed E-state index contributed by atoms with van der Waals surface area (Å²) in [5.41, 5.74) is 9.50. The maximum Gasteiger partial charge on any atom is 0.133 e. The van der Waals surface area contributed by atoms with Gasteiger partial charge in [-0.05, 0) is 44.2 Å². The minimum Gasteiger partial charge on any atom is -0.353 e. The van der Waals surface area contributed by atoms with Crippen LogP contribution in [0, 0.1) is 19.8 Å². The van der Waals surface area contributed by atoms with E-state index < -0.39 is 0 Å². The highest BCUT2D eigenvalue weighted by molar-refractivity contribution is 5.53. The largest absolute Gasteiger partial charge is 0.353 e. The van der Waals surface area contributed by atoms with Gasteiger partial charge in [-0.25, -0.2) is 4.98 Å². The minimum absolute atomic E-state index is 0.579. The highest BCUT2D eigenvalue weighted by atomic mass is 15.2. The number of hydrogen-bond acceptors (Lipinski definition) is 3. The van der Waals surface area contributed by atoms with E-state index in [2.05, 4.69) is 38.7 Å². The molecule has 0 amide bonds. The Bertz CT molecular complexity index is 422. The minimum atomic E-state index is 0.579. The highest BCUT2D eigenvalue weighted by Gasteiger charge is 2.31. The molecule has 0 aliphatic heterocycles. The maximum absolute atomic E-state index is 5.92. The normalized spacial score (nSPS) is 15.2. The molecular weight excluding hydrogens is 222 g/mol. The molecule has 1 heterocycles. The van der Waals surface area contributed by atoms with Crippen molar-refractivity contribution in [3.8, 4) is 0 Å². The van der Waals surface area contributed by atoms with E-state index in [-0.39, 0.29) is 0 Å². The Hall–Kier alpha value is -1.09. The SMILES string of the molecule is Cc1cc(C)c(CN)c(N(CC(C)C)C2CC2)n1. The van der Waals surface area contributed by atoms with Gasteiger partial charge in [-0.2, -0.15) is 0 Å². The number of pyridine rings is 1. The summed E-state index contributed by atoms with van der Waals surface area (Å²) >= 11 is 0. The molecule has 0 spiro atoms. The first-order valence-electron chi connectivity index (χ1n) is 6.96. The average molecular weight is 247 g/mol. The van der Waals surface area contributed by atoms with E-state index in [1.54, 1.807) is 0 Å². The molecule has 2 N–H and O–H groups in total. The van der Waals surface area contributed by atoms with E-state index in [4.69, 9.17) is 10.7 Å². The van der Waals surface area contributed by atoms with E-state index in [1.165, 1.54) is 24.0 Å². The predicted octanol–water partition coefficient (Wildman–Crippen LogP) is 2.78. The molecule has 0 atom stereocenters. The van der Waals surface area contributed by atoms with Crippen LogP contribution in [0.4, 0.5) is 5.82 Å². The third kappa shape index (κ3) is 2.83. The van der Waals surface area contributed by atoms with Crippen LogP contribution in [0.2, 0.25) is 0 Å². The van der Waals surface area contributed by atoms with Gasteiger partial charge in [0.25, 0.3) is 0 Å². The smallest absolute Gasteiger partial charge is 0.133 e. The van der Waals surface area contributed by atoms with Crippen molar-refractivity contribution in [1.29, 1.82) is 0 Å². The molecule has 1 aliphatic carbocycles. The molecule has 1 aromatic heterocycles. The molecule has 1 aromatic rings. The number of anilines is 1. The summed E-state index contributed by atoms with van der Waals surface area (Å²) < 4.78 is 0. The van der Waals surface area contributed by atoms with Crippen LogP contribution in [0.15, 0.2) is 6.07 Å². The van der Waals surface area contributed by atoms with Crippen molar-refractivity contribution in [3.63, 3.8) is 0 Å². The van der Waals surface area contributed by atoms with Gasteiger partial charge in [-0.15, -0.1) is 0 Å². The summed E-state index contributed by atoms with van der Waals surface area (Å²) in [6.45, 7) is 10.4. The third-order valence-electron chi connectivity index (χ3n) is 3.48. The van der Waals surface area contributed by atoms with E-state index in [0.29, 0.717) is 18.5 Å². The van der Waals surface area contributed by atoms with Crippen molar-refractivity contribution in [3.05, 3.63) is 22.9 Å². The summed E-state index contributed by atoms with van der Waals surface area (Å²) in [6.07, 6.45) is 2.59. The molecule has 0 unspecified atom stereocenters. The highest BCUT2D eigenvalue weighted by Crippen LogP contribution is 2.34. The molecule has 1 saturated carbocycles. The zero-order chi connectivity index (χ0) is 13.3. The van der Waals surface area contributed by atoms with E-state index >= 15 is 0 Å². The van der Waals surface area contributed by atoms with E-state index in [0.717, 1.165) is 18.1 Å². The Labute approximate surface area is 110 Å². The third-order valence-corrected chi connectivity index (χ3v) is 3.48. The first-order chi connectivity index (χ1) is 8.52. The number of aromatic nitrogens is 1. The van der Waals surface area contributed by atoms with Gasteiger partial charge >= 0.3 is 0 Å². The monoisotopic (exact) mass is 247 g/mol. The lowest BCUT2D eigenvalue weighted by Gasteiger charge is -2.28. The Morgan fingerprint density at radius 2 is 2.06 bits per heavy atom. The van der Waals surface area contributed by atoms with Crippen LogP contribution in [0.3, 0.4) is 0 Å². The second-order valence-corrected chi connectivity index (χ2v) is 5.86. The first-order valence-corrected chi connectivity index (χ1v) is 6.96. The second-order valence-electron chi connectivity index (χ2n) is 5.86. The van der Waals surface area contributed by atoms with Gasteiger partial charge in [0.1, 0.15) is 5.82 Å². The molecule has 0 radical (unpaired) electrons. The number of nitrogens with two attached hydrogens (primary N) is 1. The van der Waals surface area contributed by atoms with Crippen molar-refractivity contribution in [2.24, 2.45) is 11.7 Å². The molecule has 0 bridgehead atoms. The average Bonchev–Trinajstić information content (AvgIpc) is 3.08. The summed E-state index contributed by atoms with van der Waals surface area (Å²) in [7, 11) is 0. The molecule has 3 nitrogen and oxygen atoms in total. The van der Waals surface area contributed by atoms with Gasteiger partial charge in [0.15, 0.2) is 0 Å². The van der Waals surface area contributed by atoms with Crippen LogP contribution in [0.25, 0.3) is 0 Å². The lowest BCUT2D eigenvalue weighted by molar-refractivity contribution is 0.600. The van der Waals surface area contributed by atoms with Crippen molar-refractivity contribution in [1.82, 2.24) is 4.98 Å². The van der Waals surface area contributed by atoms with Crippen molar-refractivity contribution < 1.29 is 0 Å². The van der Waals surface area contributed by atoms with Crippen LogP contribution in [0.1, 0.15) is 43.5 Å². The first kappa shape index (κ1) is 13.3. The Morgan fingerprint density at radius 1 is 1.39 bits per heavy atom. The molecule has 3 heteroatoms. The van der Waals surface area contributed by atoms with Gasteiger partial charge in [-0.3, -0.25) is 0 Å². The van der Waals surface area contributed by atoms with Crippen molar-refractivity contribution in [2.45, 2.75) is 53.1 Å². The topological polar surface area (TPSA) is 42.1 Å². The molecule has 18 heavy (non-hydrogen) atoms. The van der Waals surface area contributed by atoms with Crippen LogP contribution in [-0.2, 0) is 6.54 Å². The summed E-state index contributed by atoms with van der Waals surface area (Å²) in [6, 6.07) is 2.82. The summed E-state index contributed by atoms with van der Waals surface area (Å²) in [4.78, 5) is 7.24. The van der Waals surface area contributed by atoms with Gasteiger partial charge < -0.3 is 10.6 Å². The number of nitrogens with zero attached hydrogens (tertiary/aromatic N) is 2. The fourth-order valence-corrected chi connectivity index (χ4v) is 2.52. The molecule has 1 fully saturated rings. The van der Waals surface area contributed by atoms with Crippen molar-refractivity contribution in [2.75, 3.05) is 11.4 Å². The Morgan fingerprint density at radius 3 is 2.56 bits per heavy atom. The fourth-order valence-electron chi connectivity index (χ4n) is 2.52.